The van der Waals surface area contributed by atoms with Crippen LogP contribution in [0.5, 0.6) is 0 Å². The number of amides is 2. The van der Waals surface area contributed by atoms with Crippen LogP contribution in [0.15, 0.2) is 48.7 Å². The van der Waals surface area contributed by atoms with Crippen LogP contribution in [-0.4, -0.2) is 22.8 Å². The Bertz CT molecular complexity index is 1010. The van der Waals surface area contributed by atoms with Crippen LogP contribution in [0, 0.1) is 0 Å². The zero-order valence-electron chi connectivity index (χ0n) is 15.3. The van der Waals surface area contributed by atoms with Crippen molar-refractivity contribution in [3.05, 3.63) is 65.4 Å². The summed E-state index contributed by atoms with van der Waals surface area (Å²) in [6.07, 6.45) is 5.67. The summed E-state index contributed by atoms with van der Waals surface area (Å²) in [7, 11) is 0. The Morgan fingerprint density at radius 3 is 2.78 bits per heavy atom. The van der Waals surface area contributed by atoms with E-state index in [0.29, 0.717) is 6.42 Å². The molecule has 1 aliphatic carbocycles. The highest BCUT2D eigenvalue weighted by Gasteiger charge is 2.22. The molecule has 1 heterocycles. The van der Waals surface area contributed by atoms with Gasteiger partial charge in [-0.1, -0.05) is 24.3 Å². The maximum Gasteiger partial charge on any atom is 0.247 e. The van der Waals surface area contributed by atoms with Gasteiger partial charge in [0, 0.05) is 36.1 Å². The minimum absolute atomic E-state index is 0.201. The number of carbonyl (C=O) groups excluding carboxylic acids is 2. The van der Waals surface area contributed by atoms with Gasteiger partial charge in [-0.2, -0.15) is 0 Å². The van der Waals surface area contributed by atoms with Crippen LogP contribution in [0.2, 0.25) is 0 Å². The third-order valence-corrected chi connectivity index (χ3v) is 5.16. The number of fused-ring (bicyclic) bond motifs is 2. The van der Waals surface area contributed by atoms with Gasteiger partial charge in [0.05, 0.1) is 0 Å². The highest BCUT2D eigenvalue weighted by Crippen LogP contribution is 2.25. The van der Waals surface area contributed by atoms with Crippen LogP contribution in [-0.2, 0) is 28.9 Å². The minimum Gasteiger partial charge on any atom is -0.361 e. The molecule has 4 rings (SSSR count). The number of H-pyrrole nitrogens is 1. The lowest BCUT2D eigenvalue weighted by Gasteiger charge is -2.18. The maximum atomic E-state index is 12.9. The summed E-state index contributed by atoms with van der Waals surface area (Å²) in [6.45, 7) is 1.44. The number of hydrogen-bond acceptors (Lipinski definition) is 2. The molecule has 0 spiro atoms. The third kappa shape index (κ3) is 3.72. The topological polar surface area (TPSA) is 74.0 Å². The van der Waals surface area contributed by atoms with E-state index in [1.807, 2.05) is 36.5 Å². The summed E-state index contributed by atoms with van der Waals surface area (Å²) in [4.78, 5) is 27.8. The van der Waals surface area contributed by atoms with Gasteiger partial charge in [-0.3, -0.25) is 9.59 Å². The lowest BCUT2D eigenvalue weighted by atomic mass is 10.0. The largest absolute Gasteiger partial charge is 0.361 e. The highest BCUT2D eigenvalue weighted by atomic mass is 16.2. The first-order valence-electron chi connectivity index (χ1n) is 9.35. The Morgan fingerprint density at radius 2 is 1.93 bits per heavy atom. The number of rotatable bonds is 5. The Hall–Kier alpha value is -3.08. The molecule has 0 unspecified atom stereocenters. The Balaban J connectivity index is 1.54. The molecule has 1 atom stereocenters. The summed E-state index contributed by atoms with van der Waals surface area (Å²) in [5, 5.41) is 6.83. The van der Waals surface area contributed by atoms with E-state index in [2.05, 4.69) is 27.8 Å². The monoisotopic (exact) mass is 361 g/mol. The molecule has 27 heavy (non-hydrogen) atoms. The number of carbonyl (C=O) groups is 2. The summed E-state index contributed by atoms with van der Waals surface area (Å²) >= 11 is 0. The average molecular weight is 361 g/mol. The molecule has 0 fully saturated rings. The van der Waals surface area contributed by atoms with Gasteiger partial charge in [0.1, 0.15) is 6.04 Å². The van der Waals surface area contributed by atoms with E-state index in [0.717, 1.165) is 35.0 Å². The summed E-state index contributed by atoms with van der Waals surface area (Å²) in [5.41, 5.74) is 5.49. The van der Waals surface area contributed by atoms with E-state index in [9.17, 15) is 9.59 Å². The van der Waals surface area contributed by atoms with Crippen molar-refractivity contribution in [2.45, 2.75) is 38.6 Å². The van der Waals surface area contributed by atoms with Crippen LogP contribution in [0.25, 0.3) is 10.9 Å². The quantitative estimate of drug-likeness (QED) is 0.652. The van der Waals surface area contributed by atoms with Crippen molar-refractivity contribution < 1.29 is 9.59 Å². The maximum absolute atomic E-state index is 12.9. The van der Waals surface area contributed by atoms with E-state index >= 15 is 0 Å². The first-order chi connectivity index (χ1) is 13.1. The van der Waals surface area contributed by atoms with Gasteiger partial charge >= 0.3 is 0 Å². The average Bonchev–Trinajstić information content (AvgIpc) is 3.27. The molecular weight excluding hydrogens is 338 g/mol. The van der Waals surface area contributed by atoms with Gasteiger partial charge in [0.2, 0.25) is 11.8 Å². The normalized spacial score (nSPS) is 14.0. The van der Waals surface area contributed by atoms with Crippen molar-refractivity contribution in [1.82, 2.24) is 10.3 Å². The van der Waals surface area contributed by atoms with Crippen molar-refractivity contribution in [3.63, 3.8) is 0 Å². The predicted molar refractivity (Wildman–Crippen MR) is 107 cm³/mol. The lowest BCUT2D eigenvalue weighted by molar-refractivity contribution is -0.125. The number of aromatic nitrogens is 1. The van der Waals surface area contributed by atoms with Crippen LogP contribution >= 0.6 is 0 Å². The van der Waals surface area contributed by atoms with Gasteiger partial charge in [-0.15, -0.1) is 0 Å². The van der Waals surface area contributed by atoms with Gasteiger partial charge in [-0.25, -0.2) is 0 Å². The third-order valence-electron chi connectivity index (χ3n) is 5.16. The molecule has 1 aromatic heterocycles. The Morgan fingerprint density at radius 1 is 1.11 bits per heavy atom. The number of para-hydroxylation sites is 1. The molecule has 0 aliphatic heterocycles. The van der Waals surface area contributed by atoms with E-state index in [-0.39, 0.29) is 11.8 Å². The van der Waals surface area contributed by atoms with Crippen LogP contribution < -0.4 is 10.6 Å². The van der Waals surface area contributed by atoms with E-state index < -0.39 is 6.04 Å². The molecule has 5 heteroatoms. The molecule has 5 nitrogen and oxygen atoms in total. The predicted octanol–water partition coefficient (Wildman–Crippen LogP) is 3.34. The number of hydrogen-bond donors (Lipinski definition) is 3. The molecule has 0 bridgehead atoms. The van der Waals surface area contributed by atoms with Crippen molar-refractivity contribution in [3.8, 4) is 0 Å². The standard InChI is InChI=1S/C22H23N3O2/c1-14(26)24-21(12-17-13-23-20-8-3-2-7-19(17)20)22(27)25-18-10-9-15-5-4-6-16(15)11-18/h2-3,7-11,13,21,23H,4-6,12H2,1H3,(H,24,26)(H,25,27)/t21-/m0/s1. The summed E-state index contributed by atoms with van der Waals surface area (Å²) in [5.74, 6) is -0.419. The number of anilines is 1. The second kappa shape index (κ2) is 7.27. The number of aromatic amines is 1. The minimum atomic E-state index is -0.630. The Kier molecular flexibility index (Phi) is 4.67. The smallest absolute Gasteiger partial charge is 0.247 e. The highest BCUT2D eigenvalue weighted by molar-refractivity contribution is 5.97. The molecular formula is C22H23N3O2. The van der Waals surface area contributed by atoms with Crippen LogP contribution in [0.1, 0.15) is 30.0 Å². The fourth-order valence-electron chi connectivity index (χ4n) is 3.85. The molecule has 2 amide bonds. The fourth-order valence-corrected chi connectivity index (χ4v) is 3.85. The molecule has 0 radical (unpaired) electrons. The molecule has 3 aromatic rings. The first kappa shape index (κ1) is 17.3. The van der Waals surface area contributed by atoms with E-state index in [1.54, 1.807) is 0 Å². The van der Waals surface area contributed by atoms with Gasteiger partial charge < -0.3 is 15.6 Å². The van der Waals surface area contributed by atoms with Crippen LogP contribution in [0.4, 0.5) is 5.69 Å². The molecule has 2 aromatic carbocycles. The lowest BCUT2D eigenvalue weighted by Crippen LogP contribution is -2.44. The van der Waals surface area contributed by atoms with E-state index in [4.69, 9.17) is 0 Å². The number of aryl methyl sites for hydroxylation is 2. The van der Waals surface area contributed by atoms with Crippen molar-refractivity contribution in [2.24, 2.45) is 0 Å². The molecule has 3 N–H and O–H groups in total. The van der Waals surface area contributed by atoms with Crippen molar-refractivity contribution >= 4 is 28.4 Å². The number of nitrogens with one attached hydrogen (secondary N) is 3. The van der Waals surface area contributed by atoms with Gasteiger partial charge in [-0.05, 0) is 54.2 Å². The second-order valence-electron chi connectivity index (χ2n) is 7.14. The zero-order chi connectivity index (χ0) is 18.8. The van der Waals surface area contributed by atoms with Gasteiger partial charge in [0.25, 0.3) is 0 Å². The summed E-state index contributed by atoms with van der Waals surface area (Å²) in [6, 6.07) is 13.4. The molecule has 0 saturated carbocycles. The molecule has 1 aliphatic rings. The Labute approximate surface area is 158 Å². The summed E-state index contributed by atoms with van der Waals surface area (Å²) < 4.78 is 0. The molecule has 138 valence electrons. The SMILES string of the molecule is CC(=O)N[C@@H](Cc1c[nH]c2ccccc12)C(=O)Nc1ccc2c(c1)CCC2. The van der Waals surface area contributed by atoms with Crippen molar-refractivity contribution in [2.75, 3.05) is 5.32 Å². The van der Waals surface area contributed by atoms with Crippen LogP contribution in [0.3, 0.4) is 0 Å². The fraction of sp³-hybridized carbons (Fsp3) is 0.273. The zero-order valence-corrected chi connectivity index (χ0v) is 15.3. The van der Waals surface area contributed by atoms with E-state index in [1.165, 1.54) is 24.5 Å². The second-order valence-corrected chi connectivity index (χ2v) is 7.14. The van der Waals surface area contributed by atoms with Gasteiger partial charge in [0.15, 0.2) is 0 Å². The number of benzene rings is 2. The molecule has 0 saturated heterocycles. The first-order valence-corrected chi connectivity index (χ1v) is 9.35. The van der Waals surface area contributed by atoms with Crippen molar-refractivity contribution in [1.29, 1.82) is 0 Å².